The lowest BCUT2D eigenvalue weighted by atomic mass is 10.3. The zero-order chi connectivity index (χ0) is 15.2. The molecule has 0 aromatic heterocycles. The summed E-state index contributed by atoms with van der Waals surface area (Å²) in [6, 6.07) is 0. The molecule has 0 aromatic rings. The molecule has 0 heterocycles. The maximum atomic E-state index is 11.9. The number of nitrogens with zero attached hydrogens (tertiary/aromatic N) is 2. The van der Waals surface area contributed by atoms with Crippen molar-refractivity contribution >= 4 is 35.8 Å². The highest BCUT2D eigenvalue weighted by Crippen LogP contribution is 1.92. The first-order valence-electron chi connectivity index (χ1n) is 7.48. The van der Waals surface area contributed by atoms with E-state index in [0.29, 0.717) is 26.1 Å². The maximum absolute atomic E-state index is 11.9. The lowest BCUT2D eigenvalue weighted by molar-refractivity contribution is -0.130. The molecule has 0 aromatic carbocycles. The van der Waals surface area contributed by atoms with Crippen molar-refractivity contribution in [3.8, 4) is 0 Å². The Kier molecular flexibility index (Phi) is 17.1. The predicted molar refractivity (Wildman–Crippen MR) is 98.4 cm³/mol. The van der Waals surface area contributed by atoms with Gasteiger partial charge in [-0.05, 0) is 27.2 Å². The molecule has 0 atom stereocenters. The summed E-state index contributed by atoms with van der Waals surface area (Å²) < 4.78 is 4.99. The van der Waals surface area contributed by atoms with Gasteiger partial charge in [0.25, 0.3) is 0 Å². The molecule has 0 aliphatic heterocycles. The molecular weight excluding hydrogens is 383 g/mol. The first kappa shape index (κ1) is 22.7. The molecule has 0 spiro atoms. The van der Waals surface area contributed by atoms with Crippen LogP contribution in [0.3, 0.4) is 0 Å². The molecule has 0 saturated carbocycles. The highest BCUT2D eigenvalue weighted by Gasteiger charge is 2.08. The van der Waals surface area contributed by atoms with E-state index in [1.54, 1.807) is 7.11 Å². The largest absolute Gasteiger partial charge is 0.385 e. The SMILES string of the molecule is CCNC(=NCCCOC)NCCC(=O)N(CC)CC.I. The minimum absolute atomic E-state index is 0. The Bertz CT molecular complexity index is 284. The molecule has 2 N–H and O–H groups in total. The van der Waals surface area contributed by atoms with E-state index in [2.05, 4.69) is 15.6 Å². The highest BCUT2D eigenvalue weighted by atomic mass is 127. The molecule has 6 nitrogen and oxygen atoms in total. The number of hydrogen-bond donors (Lipinski definition) is 2. The Labute approximate surface area is 146 Å². The number of aliphatic imine (C=N–C) groups is 1. The van der Waals surface area contributed by atoms with E-state index in [-0.39, 0.29) is 29.9 Å². The fourth-order valence-electron chi connectivity index (χ4n) is 1.76. The number of nitrogens with one attached hydrogen (secondary N) is 2. The molecule has 0 fully saturated rings. The second-order valence-electron chi connectivity index (χ2n) is 4.35. The normalized spacial score (nSPS) is 10.8. The van der Waals surface area contributed by atoms with Crippen molar-refractivity contribution in [2.45, 2.75) is 33.6 Å². The minimum Gasteiger partial charge on any atom is -0.385 e. The van der Waals surface area contributed by atoms with Gasteiger partial charge in [-0.1, -0.05) is 0 Å². The van der Waals surface area contributed by atoms with Crippen LogP contribution in [0.15, 0.2) is 4.99 Å². The van der Waals surface area contributed by atoms with E-state index in [0.717, 1.165) is 32.0 Å². The van der Waals surface area contributed by atoms with Crippen LogP contribution in [0, 0.1) is 0 Å². The van der Waals surface area contributed by atoms with Gasteiger partial charge in [0.05, 0.1) is 0 Å². The zero-order valence-corrected chi connectivity index (χ0v) is 16.1. The van der Waals surface area contributed by atoms with Crippen molar-refractivity contribution in [1.82, 2.24) is 15.5 Å². The zero-order valence-electron chi connectivity index (χ0n) is 13.8. The summed E-state index contributed by atoms with van der Waals surface area (Å²) in [6.07, 6.45) is 1.38. The molecule has 126 valence electrons. The lowest BCUT2D eigenvalue weighted by Gasteiger charge is -2.19. The summed E-state index contributed by atoms with van der Waals surface area (Å²) in [4.78, 5) is 18.1. The van der Waals surface area contributed by atoms with Gasteiger partial charge in [0.1, 0.15) is 0 Å². The number of halogens is 1. The predicted octanol–water partition coefficient (Wildman–Crippen LogP) is 1.45. The number of guanidine groups is 1. The summed E-state index contributed by atoms with van der Waals surface area (Å²) in [7, 11) is 1.69. The van der Waals surface area contributed by atoms with Gasteiger partial charge < -0.3 is 20.3 Å². The smallest absolute Gasteiger partial charge is 0.224 e. The Morgan fingerprint density at radius 3 is 2.38 bits per heavy atom. The number of hydrogen-bond acceptors (Lipinski definition) is 3. The van der Waals surface area contributed by atoms with E-state index in [4.69, 9.17) is 4.74 Å². The molecular formula is C14H31IN4O2. The molecule has 0 saturated heterocycles. The van der Waals surface area contributed by atoms with Crippen LogP contribution in [0.4, 0.5) is 0 Å². The monoisotopic (exact) mass is 414 g/mol. The van der Waals surface area contributed by atoms with Crippen molar-refractivity contribution < 1.29 is 9.53 Å². The number of amides is 1. The summed E-state index contributed by atoms with van der Waals surface area (Å²) in [5.74, 6) is 0.939. The Balaban J connectivity index is 0. The van der Waals surface area contributed by atoms with Gasteiger partial charge in [-0.25, -0.2) is 0 Å². The molecule has 7 heteroatoms. The van der Waals surface area contributed by atoms with Gasteiger partial charge >= 0.3 is 0 Å². The van der Waals surface area contributed by atoms with Crippen molar-refractivity contribution in [1.29, 1.82) is 0 Å². The fraction of sp³-hybridized carbons (Fsp3) is 0.857. The third kappa shape index (κ3) is 11.7. The Hall–Kier alpha value is -0.570. The molecule has 0 aliphatic carbocycles. The van der Waals surface area contributed by atoms with Crippen LogP contribution in [0.25, 0.3) is 0 Å². The molecule has 0 unspecified atom stereocenters. The number of carbonyl (C=O) groups excluding carboxylic acids is 1. The van der Waals surface area contributed by atoms with Crippen LogP contribution in [0.2, 0.25) is 0 Å². The van der Waals surface area contributed by atoms with Gasteiger partial charge in [0.2, 0.25) is 5.91 Å². The number of carbonyl (C=O) groups is 1. The standard InChI is InChI=1S/C14H30N4O2.HI/c1-5-15-14(16-10-8-12-20-4)17-11-9-13(19)18(6-2)7-3;/h5-12H2,1-4H3,(H2,15,16,17);1H. The van der Waals surface area contributed by atoms with Crippen LogP contribution in [0.5, 0.6) is 0 Å². The van der Waals surface area contributed by atoms with Gasteiger partial charge in [-0.15, -0.1) is 24.0 Å². The van der Waals surface area contributed by atoms with Gasteiger partial charge in [0, 0.05) is 52.9 Å². The average molecular weight is 414 g/mol. The van der Waals surface area contributed by atoms with Crippen molar-refractivity contribution in [3.05, 3.63) is 0 Å². The molecule has 1 amide bonds. The topological polar surface area (TPSA) is 66.0 Å². The molecule has 0 bridgehead atoms. The maximum Gasteiger partial charge on any atom is 0.224 e. The Morgan fingerprint density at radius 2 is 1.86 bits per heavy atom. The number of ether oxygens (including phenoxy) is 1. The van der Waals surface area contributed by atoms with Crippen LogP contribution >= 0.6 is 24.0 Å². The number of methoxy groups -OCH3 is 1. The quantitative estimate of drug-likeness (QED) is 0.246. The lowest BCUT2D eigenvalue weighted by Crippen LogP contribution is -2.40. The third-order valence-corrected chi connectivity index (χ3v) is 2.87. The summed E-state index contributed by atoms with van der Waals surface area (Å²) >= 11 is 0. The van der Waals surface area contributed by atoms with E-state index in [9.17, 15) is 4.79 Å². The van der Waals surface area contributed by atoms with Crippen molar-refractivity contribution in [2.24, 2.45) is 4.99 Å². The van der Waals surface area contributed by atoms with Crippen LogP contribution < -0.4 is 10.6 Å². The van der Waals surface area contributed by atoms with Crippen molar-refractivity contribution in [2.75, 3.05) is 46.4 Å². The molecule has 0 rings (SSSR count). The van der Waals surface area contributed by atoms with E-state index in [1.165, 1.54) is 0 Å². The molecule has 21 heavy (non-hydrogen) atoms. The minimum atomic E-state index is 0. The summed E-state index contributed by atoms with van der Waals surface area (Å²) in [5, 5.41) is 6.35. The first-order chi connectivity index (χ1) is 9.69. The summed E-state index contributed by atoms with van der Waals surface area (Å²) in [5.41, 5.74) is 0. The van der Waals surface area contributed by atoms with E-state index >= 15 is 0 Å². The Morgan fingerprint density at radius 1 is 1.19 bits per heavy atom. The average Bonchev–Trinajstić information content (AvgIpc) is 2.44. The van der Waals surface area contributed by atoms with Gasteiger partial charge in [-0.2, -0.15) is 0 Å². The van der Waals surface area contributed by atoms with Crippen LogP contribution in [-0.2, 0) is 9.53 Å². The second-order valence-corrected chi connectivity index (χ2v) is 4.35. The second kappa shape index (κ2) is 15.8. The highest BCUT2D eigenvalue weighted by molar-refractivity contribution is 14.0. The summed E-state index contributed by atoms with van der Waals surface area (Å²) in [6.45, 7) is 10.4. The number of rotatable bonds is 10. The molecule has 0 radical (unpaired) electrons. The van der Waals surface area contributed by atoms with Crippen LogP contribution in [-0.4, -0.2) is 63.2 Å². The fourth-order valence-corrected chi connectivity index (χ4v) is 1.76. The van der Waals surface area contributed by atoms with Crippen molar-refractivity contribution in [3.63, 3.8) is 0 Å². The molecule has 0 aliphatic rings. The van der Waals surface area contributed by atoms with E-state index < -0.39 is 0 Å². The van der Waals surface area contributed by atoms with Crippen LogP contribution in [0.1, 0.15) is 33.6 Å². The first-order valence-corrected chi connectivity index (χ1v) is 7.48. The van der Waals surface area contributed by atoms with Gasteiger partial charge in [0.15, 0.2) is 5.96 Å². The van der Waals surface area contributed by atoms with Gasteiger partial charge in [-0.3, -0.25) is 9.79 Å². The van der Waals surface area contributed by atoms with E-state index in [1.807, 2.05) is 25.7 Å². The third-order valence-electron chi connectivity index (χ3n) is 2.87.